The van der Waals surface area contributed by atoms with E-state index in [0.717, 1.165) is 56.9 Å². The predicted octanol–water partition coefficient (Wildman–Crippen LogP) is 9.26. The van der Waals surface area contributed by atoms with Crippen LogP contribution in [0.5, 0.6) is 0 Å². The van der Waals surface area contributed by atoms with Crippen LogP contribution in [0.3, 0.4) is 0 Å². The summed E-state index contributed by atoms with van der Waals surface area (Å²) >= 11 is 0. The van der Waals surface area contributed by atoms with Crippen molar-refractivity contribution in [3.8, 4) is 11.1 Å². The van der Waals surface area contributed by atoms with Crippen molar-refractivity contribution in [1.29, 1.82) is 0 Å². The highest BCUT2D eigenvalue weighted by Gasteiger charge is 2.34. The minimum Gasteiger partial charge on any atom is -0.203 e. The molecule has 0 nitrogen and oxygen atoms in total. The van der Waals surface area contributed by atoms with Crippen LogP contribution in [0.2, 0.25) is 0 Å². The van der Waals surface area contributed by atoms with Gasteiger partial charge < -0.3 is 0 Å². The third-order valence-electron chi connectivity index (χ3n) is 8.34. The normalized spacial score (nSPS) is 23.9. The Morgan fingerprint density at radius 3 is 2.18 bits per heavy atom. The minimum atomic E-state index is -1.06. The van der Waals surface area contributed by atoms with E-state index in [0.29, 0.717) is 41.4 Å². The molecule has 1 saturated carbocycles. The van der Waals surface area contributed by atoms with Gasteiger partial charge in [-0.2, -0.15) is 0 Å². The molecule has 0 spiro atoms. The molecule has 2 aromatic carbocycles. The van der Waals surface area contributed by atoms with Gasteiger partial charge >= 0.3 is 0 Å². The summed E-state index contributed by atoms with van der Waals surface area (Å²) in [6.07, 6.45) is 12.5. The first-order chi connectivity index (χ1) is 16.4. The quantitative estimate of drug-likeness (QED) is 0.259. The van der Waals surface area contributed by atoms with Gasteiger partial charge in [0.2, 0.25) is 0 Å². The summed E-state index contributed by atoms with van der Waals surface area (Å²) < 4.78 is 61.1. The number of allylic oxidation sites excluding steroid dienone is 3. The van der Waals surface area contributed by atoms with Crippen LogP contribution in [0, 0.1) is 35.1 Å². The second-order valence-electron chi connectivity index (χ2n) is 10.4. The lowest BCUT2D eigenvalue weighted by atomic mass is 9.78. The van der Waals surface area contributed by atoms with E-state index in [-0.39, 0.29) is 22.6 Å². The van der Waals surface area contributed by atoms with E-state index < -0.39 is 23.3 Å². The van der Waals surface area contributed by atoms with Crippen LogP contribution >= 0.6 is 0 Å². The fraction of sp³-hybridized carbons (Fsp3) is 0.467. The van der Waals surface area contributed by atoms with E-state index in [1.54, 1.807) is 12.1 Å². The van der Waals surface area contributed by atoms with Gasteiger partial charge in [0, 0.05) is 16.7 Å². The van der Waals surface area contributed by atoms with Crippen molar-refractivity contribution in [2.75, 3.05) is 0 Å². The Balaban J connectivity index is 1.50. The van der Waals surface area contributed by atoms with E-state index in [9.17, 15) is 0 Å². The molecular formula is C30H32F4. The summed E-state index contributed by atoms with van der Waals surface area (Å²) in [5.41, 5.74) is 2.40. The fourth-order valence-electron chi connectivity index (χ4n) is 6.40. The molecule has 0 bridgehead atoms. The van der Waals surface area contributed by atoms with Crippen LogP contribution in [0.25, 0.3) is 16.7 Å². The van der Waals surface area contributed by atoms with Crippen molar-refractivity contribution in [3.63, 3.8) is 0 Å². The molecule has 1 fully saturated rings. The van der Waals surface area contributed by atoms with E-state index in [2.05, 4.69) is 13.5 Å². The van der Waals surface area contributed by atoms with Crippen LogP contribution in [0.15, 0.2) is 30.9 Å². The van der Waals surface area contributed by atoms with Crippen molar-refractivity contribution in [2.45, 2.75) is 77.0 Å². The maximum atomic E-state index is 15.3. The van der Waals surface area contributed by atoms with E-state index in [4.69, 9.17) is 0 Å². The summed E-state index contributed by atoms with van der Waals surface area (Å²) in [6, 6.07) is 3.38. The highest BCUT2D eigenvalue weighted by Crippen LogP contribution is 2.47. The Hall–Kier alpha value is -2.36. The van der Waals surface area contributed by atoms with Crippen molar-refractivity contribution in [3.05, 3.63) is 76.4 Å². The van der Waals surface area contributed by atoms with Crippen LogP contribution in [-0.4, -0.2) is 0 Å². The Kier molecular flexibility index (Phi) is 6.43. The number of hydrogen-bond donors (Lipinski definition) is 0. The average Bonchev–Trinajstić information content (AvgIpc) is 3.23. The standard InChI is InChI=1S/C30H32F4/c1-3-5-18-8-12-20(13-9-18)24-16-22-14-21-15-23(19-10-6-17(4-2)7-11-19)27(31)29(33)25(21)26(22)30(34)28(24)32/h4,12,15-19H,2-3,5-11,13-14H2,1H3. The van der Waals surface area contributed by atoms with Gasteiger partial charge in [0.15, 0.2) is 23.3 Å². The van der Waals surface area contributed by atoms with Gasteiger partial charge in [0.1, 0.15) is 0 Å². The molecule has 1 atom stereocenters. The monoisotopic (exact) mass is 468 g/mol. The van der Waals surface area contributed by atoms with E-state index >= 15 is 17.6 Å². The lowest BCUT2D eigenvalue weighted by molar-refractivity contribution is 0.364. The molecule has 0 heterocycles. The van der Waals surface area contributed by atoms with Crippen LogP contribution in [0.1, 0.15) is 92.9 Å². The molecule has 3 aliphatic carbocycles. The summed E-state index contributed by atoms with van der Waals surface area (Å²) in [7, 11) is 0. The van der Waals surface area contributed by atoms with Crippen LogP contribution in [0.4, 0.5) is 17.6 Å². The van der Waals surface area contributed by atoms with Crippen LogP contribution < -0.4 is 0 Å². The van der Waals surface area contributed by atoms with Gasteiger partial charge in [-0.1, -0.05) is 38.0 Å². The van der Waals surface area contributed by atoms with Gasteiger partial charge in [0.25, 0.3) is 0 Å². The molecule has 0 amide bonds. The number of benzene rings is 2. The molecular weight excluding hydrogens is 436 g/mol. The highest BCUT2D eigenvalue weighted by atomic mass is 19.2. The second-order valence-corrected chi connectivity index (χ2v) is 10.4. The van der Waals surface area contributed by atoms with Gasteiger partial charge in [0.05, 0.1) is 0 Å². The maximum absolute atomic E-state index is 15.3. The molecule has 4 heteroatoms. The Morgan fingerprint density at radius 1 is 0.882 bits per heavy atom. The molecule has 2 aromatic rings. The zero-order valence-electron chi connectivity index (χ0n) is 19.8. The van der Waals surface area contributed by atoms with Gasteiger partial charge in [-0.05, 0) is 97.5 Å². The van der Waals surface area contributed by atoms with Crippen molar-refractivity contribution >= 4 is 5.57 Å². The van der Waals surface area contributed by atoms with Gasteiger partial charge in [-0.25, -0.2) is 17.6 Å². The van der Waals surface area contributed by atoms with E-state index in [1.807, 2.05) is 12.2 Å². The molecule has 0 saturated heterocycles. The molecule has 0 aromatic heterocycles. The molecule has 180 valence electrons. The summed E-state index contributed by atoms with van der Waals surface area (Å²) in [6.45, 7) is 6.01. The molecule has 34 heavy (non-hydrogen) atoms. The van der Waals surface area contributed by atoms with Gasteiger partial charge in [-0.15, -0.1) is 6.58 Å². The lowest BCUT2D eigenvalue weighted by Crippen LogP contribution is -2.14. The number of hydrogen-bond acceptors (Lipinski definition) is 0. The van der Waals surface area contributed by atoms with Crippen molar-refractivity contribution < 1.29 is 17.6 Å². The molecule has 5 rings (SSSR count). The summed E-state index contributed by atoms with van der Waals surface area (Å²) in [5.74, 6) is -2.99. The minimum absolute atomic E-state index is 0.0553. The maximum Gasteiger partial charge on any atom is 0.167 e. The summed E-state index contributed by atoms with van der Waals surface area (Å²) in [4.78, 5) is 0. The fourth-order valence-corrected chi connectivity index (χ4v) is 6.40. The lowest BCUT2D eigenvalue weighted by Gasteiger charge is -2.27. The SMILES string of the molecule is C=CC1CCC(c2cc3c(c(F)c2F)-c2c(cc(C4=CCC(CCC)CC4)c(F)c2F)C3)CC1. The van der Waals surface area contributed by atoms with E-state index in [1.165, 1.54) is 0 Å². The van der Waals surface area contributed by atoms with Crippen molar-refractivity contribution in [2.24, 2.45) is 11.8 Å². The third-order valence-corrected chi connectivity index (χ3v) is 8.34. The zero-order valence-corrected chi connectivity index (χ0v) is 19.8. The smallest absolute Gasteiger partial charge is 0.167 e. The Labute approximate surface area is 199 Å². The second kappa shape index (κ2) is 9.36. The molecule has 0 radical (unpaired) electrons. The first-order valence-corrected chi connectivity index (χ1v) is 12.8. The van der Waals surface area contributed by atoms with Crippen LogP contribution in [-0.2, 0) is 6.42 Å². The zero-order chi connectivity index (χ0) is 24.0. The predicted molar refractivity (Wildman–Crippen MR) is 130 cm³/mol. The Morgan fingerprint density at radius 2 is 1.56 bits per heavy atom. The average molecular weight is 469 g/mol. The third kappa shape index (κ3) is 3.93. The van der Waals surface area contributed by atoms with Crippen molar-refractivity contribution in [1.82, 2.24) is 0 Å². The highest BCUT2D eigenvalue weighted by molar-refractivity contribution is 5.81. The summed E-state index contributed by atoms with van der Waals surface area (Å²) in [5, 5.41) is 0. The topological polar surface area (TPSA) is 0 Å². The first-order valence-electron chi connectivity index (χ1n) is 12.8. The molecule has 3 aliphatic rings. The van der Waals surface area contributed by atoms with Gasteiger partial charge in [-0.3, -0.25) is 0 Å². The Bertz CT molecular complexity index is 1150. The number of rotatable bonds is 5. The molecule has 0 N–H and O–H groups in total. The number of halogens is 4. The largest absolute Gasteiger partial charge is 0.203 e. The first kappa shape index (κ1) is 23.4. The number of fused-ring (bicyclic) bond motifs is 3. The molecule has 0 aliphatic heterocycles. The molecule has 1 unspecified atom stereocenters.